The van der Waals surface area contributed by atoms with Gasteiger partial charge in [0.15, 0.2) is 0 Å². The maximum atomic E-state index is 11.5. The molecule has 0 spiro atoms. The standard InChI is InChI=1S/C12H18N2O3/c1-5-17-14-7(2)12-10(8(3)15)6-11(13-12)9(4)16/h1,7,10-14H,6H2,2-4H3/t7?,10-,11+,12-/m0/s1. The van der Waals surface area contributed by atoms with E-state index in [9.17, 15) is 9.59 Å². The Labute approximate surface area is 101 Å². The van der Waals surface area contributed by atoms with Crippen LogP contribution in [0.1, 0.15) is 27.2 Å². The van der Waals surface area contributed by atoms with Gasteiger partial charge < -0.3 is 10.2 Å². The van der Waals surface area contributed by atoms with Crippen LogP contribution in [0.5, 0.6) is 0 Å². The molecule has 1 aliphatic heterocycles. The smallest absolute Gasteiger partial charge is 0.146 e. The molecule has 2 N–H and O–H groups in total. The van der Waals surface area contributed by atoms with E-state index in [-0.39, 0.29) is 35.6 Å². The maximum absolute atomic E-state index is 11.5. The van der Waals surface area contributed by atoms with Crippen molar-refractivity contribution >= 4 is 11.6 Å². The highest BCUT2D eigenvalue weighted by molar-refractivity contribution is 5.85. The molecular formula is C12H18N2O3. The Morgan fingerprint density at radius 3 is 2.59 bits per heavy atom. The molecule has 94 valence electrons. The normalized spacial score (nSPS) is 29.4. The monoisotopic (exact) mass is 238 g/mol. The molecule has 1 fully saturated rings. The van der Waals surface area contributed by atoms with Crippen molar-refractivity contribution in [1.82, 2.24) is 10.8 Å². The first kappa shape index (κ1) is 13.7. The van der Waals surface area contributed by atoms with Gasteiger partial charge in [0.25, 0.3) is 0 Å². The second kappa shape index (κ2) is 5.80. The van der Waals surface area contributed by atoms with E-state index in [2.05, 4.69) is 15.6 Å². The van der Waals surface area contributed by atoms with Crippen molar-refractivity contribution in [3.05, 3.63) is 0 Å². The molecule has 4 atom stereocenters. The molecule has 0 aromatic heterocycles. The van der Waals surface area contributed by atoms with Crippen molar-refractivity contribution in [2.75, 3.05) is 0 Å². The van der Waals surface area contributed by atoms with Crippen molar-refractivity contribution in [3.8, 4) is 12.5 Å². The van der Waals surface area contributed by atoms with Crippen LogP contribution in [0, 0.1) is 18.4 Å². The van der Waals surface area contributed by atoms with Gasteiger partial charge in [-0.3, -0.25) is 9.59 Å². The number of terminal acetylenes is 1. The van der Waals surface area contributed by atoms with E-state index in [4.69, 9.17) is 6.42 Å². The molecular weight excluding hydrogens is 220 g/mol. The van der Waals surface area contributed by atoms with Gasteiger partial charge in [-0.15, -0.1) is 5.48 Å². The number of hydrogen-bond donors (Lipinski definition) is 2. The highest BCUT2D eigenvalue weighted by atomic mass is 16.6. The molecule has 1 aliphatic rings. The molecule has 0 saturated carbocycles. The number of rotatable bonds is 5. The number of Topliss-reactive ketones (excluding diaryl/α,β-unsaturated/α-hetero) is 2. The fraction of sp³-hybridized carbons (Fsp3) is 0.667. The quantitative estimate of drug-likeness (QED) is 0.522. The van der Waals surface area contributed by atoms with Gasteiger partial charge in [-0.1, -0.05) is 6.42 Å². The summed E-state index contributed by atoms with van der Waals surface area (Å²) >= 11 is 0. The topological polar surface area (TPSA) is 67.4 Å². The molecule has 5 nitrogen and oxygen atoms in total. The van der Waals surface area contributed by atoms with Crippen LogP contribution < -0.4 is 10.8 Å². The predicted octanol–water partition coefficient (Wildman–Crippen LogP) is 0.0115. The van der Waals surface area contributed by atoms with Crippen LogP contribution in [-0.2, 0) is 14.4 Å². The van der Waals surface area contributed by atoms with Gasteiger partial charge in [0, 0.05) is 12.0 Å². The molecule has 5 heteroatoms. The summed E-state index contributed by atoms with van der Waals surface area (Å²) in [5.41, 5.74) is 2.66. The Morgan fingerprint density at radius 2 is 2.12 bits per heavy atom. The lowest BCUT2D eigenvalue weighted by atomic mass is 9.91. The summed E-state index contributed by atoms with van der Waals surface area (Å²) < 4.78 is 0. The maximum Gasteiger partial charge on any atom is 0.146 e. The van der Waals surface area contributed by atoms with E-state index in [0.717, 1.165) is 0 Å². The summed E-state index contributed by atoms with van der Waals surface area (Å²) in [4.78, 5) is 27.6. The van der Waals surface area contributed by atoms with Gasteiger partial charge in [0.05, 0.1) is 12.1 Å². The van der Waals surface area contributed by atoms with Gasteiger partial charge in [-0.2, -0.15) is 0 Å². The van der Waals surface area contributed by atoms with Gasteiger partial charge in [0.2, 0.25) is 0 Å². The third-order valence-corrected chi connectivity index (χ3v) is 3.17. The number of hydroxylamine groups is 1. The van der Waals surface area contributed by atoms with Crippen LogP contribution >= 0.6 is 0 Å². The van der Waals surface area contributed by atoms with E-state index < -0.39 is 0 Å². The minimum atomic E-state index is -0.260. The third kappa shape index (κ3) is 3.29. The largest absolute Gasteiger partial charge is 0.356 e. The average Bonchev–Trinajstić information content (AvgIpc) is 2.70. The molecule has 0 bridgehead atoms. The Kier molecular flexibility index (Phi) is 4.67. The summed E-state index contributed by atoms with van der Waals surface area (Å²) in [6.45, 7) is 4.91. The number of hydrogen-bond acceptors (Lipinski definition) is 5. The van der Waals surface area contributed by atoms with Gasteiger partial charge in [-0.05, 0) is 27.2 Å². The molecule has 0 radical (unpaired) electrons. The molecule has 0 amide bonds. The molecule has 0 aromatic carbocycles. The van der Waals surface area contributed by atoms with Crippen LogP contribution in [0.15, 0.2) is 0 Å². The third-order valence-electron chi connectivity index (χ3n) is 3.17. The Balaban J connectivity index is 2.71. The van der Waals surface area contributed by atoms with E-state index in [1.54, 1.807) is 0 Å². The molecule has 0 aromatic rings. The fourth-order valence-corrected chi connectivity index (χ4v) is 2.21. The summed E-state index contributed by atoms with van der Waals surface area (Å²) in [7, 11) is 0. The predicted molar refractivity (Wildman–Crippen MR) is 62.7 cm³/mol. The van der Waals surface area contributed by atoms with Crippen LogP contribution in [0.25, 0.3) is 0 Å². The highest BCUT2D eigenvalue weighted by Crippen LogP contribution is 2.24. The summed E-state index contributed by atoms with van der Waals surface area (Å²) in [5, 5.41) is 3.15. The van der Waals surface area contributed by atoms with Crippen molar-refractivity contribution < 1.29 is 14.4 Å². The Hall–Kier alpha value is -1.38. The second-order valence-electron chi connectivity index (χ2n) is 4.43. The number of carbonyl (C=O) groups excluding carboxylic acids is 2. The van der Waals surface area contributed by atoms with Crippen LogP contribution in [0.3, 0.4) is 0 Å². The average molecular weight is 238 g/mol. The van der Waals surface area contributed by atoms with Gasteiger partial charge in [-0.25, -0.2) is 0 Å². The van der Waals surface area contributed by atoms with Crippen LogP contribution in [-0.4, -0.2) is 29.7 Å². The number of nitrogens with one attached hydrogen (secondary N) is 2. The van der Waals surface area contributed by atoms with Crippen molar-refractivity contribution in [2.45, 2.75) is 45.3 Å². The lowest BCUT2D eigenvalue weighted by Gasteiger charge is -2.23. The van der Waals surface area contributed by atoms with E-state index in [1.807, 2.05) is 13.0 Å². The molecule has 1 heterocycles. The van der Waals surface area contributed by atoms with Crippen molar-refractivity contribution in [2.24, 2.45) is 5.92 Å². The lowest BCUT2D eigenvalue weighted by molar-refractivity contribution is -0.121. The molecule has 0 aliphatic carbocycles. The zero-order valence-corrected chi connectivity index (χ0v) is 10.3. The zero-order valence-electron chi connectivity index (χ0n) is 10.3. The molecule has 1 unspecified atom stereocenters. The van der Waals surface area contributed by atoms with Gasteiger partial charge in [0.1, 0.15) is 17.7 Å². The highest BCUT2D eigenvalue weighted by Gasteiger charge is 2.41. The van der Waals surface area contributed by atoms with E-state index in [0.29, 0.717) is 6.42 Å². The first-order valence-electron chi connectivity index (χ1n) is 5.61. The molecule has 17 heavy (non-hydrogen) atoms. The second-order valence-corrected chi connectivity index (χ2v) is 4.43. The lowest BCUT2D eigenvalue weighted by Crippen LogP contribution is -2.49. The summed E-state index contributed by atoms with van der Waals surface area (Å²) in [5.74, 6) is -0.0720. The van der Waals surface area contributed by atoms with Crippen LogP contribution in [0.4, 0.5) is 0 Å². The van der Waals surface area contributed by atoms with Crippen LogP contribution in [0.2, 0.25) is 0 Å². The van der Waals surface area contributed by atoms with Crippen molar-refractivity contribution in [1.29, 1.82) is 0 Å². The minimum absolute atomic E-state index is 0.0452. The Morgan fingerprint density at radius 1 is 1.47 bits per heavy atom. The first-order chi connectivity index (χ1) is 7.97. The first-order valence-corrected chi connectivity index (χ1v) is 5.61. The SMILES string of the molecule is C#CONC(C)[C@@H]1N[C@@H](C(C)=O)C[C@H]1C(C)=O. The molecule has 1 saturated heterocycles. The number of carbonyl (C=O) groups is 2. The van der Waals surface area contributed by atoms with E-state index in [1.165, 1.54) is 13.8 Å². The number of ketones is 2. The minimum Gasteiger partial charge on any atom is -0.356 e. The Bertz CT molecular complexity index is 348. The fourth-order valence-electron chi connectivity index (χ4n) is 2.21. The van der Waals surface area contributed by atoms with Gasteiger partial charge >= 0.3 is 0 Å². The van der Waals surface area contributed by atoms with Crippen molar-refractivity contribution in [3.63, 3.8) is 0 Å². The van der Waals surface area contributed by atoms with E-state index >= 15 is 0 Å². The zero-order chi connectivity index (χ0) is 13.0. The summed E-state index contributed by atoms with van der Waals surface area (Å²) in [6.07, 6.45) is 7.52. The summed E-state index contributed by atoms with van der Waals surface area (Å²) in [6, 6.07) is -0.553. The molecule has 1 rings (SSSR count).